The van der Waals surface area contributed by atoms with Gasteiger partial charge in [0.25, 0.3) is 5.56 Å². The Labute approximate surface area is 170 Å². The van der Waals surface area contributed by atoms with Crippen molar-refractivity contribution < 1.29 is 9.84 Å². The van der Waals surface area contributed by atoms with E-state index in [0.717, 1.165) is 66.2 Å². The van der Waals surface area contributed by atoms with Crippen molar-refractivity contribution in [1.29, 1.82) is 0 Å². The molecular formula is C22H25ClN2O3. The predicted molar refractivity (Wildman–Crippen MR) is 114 cm³/mol. The van der Waals surface area contributed by atoms with E-state index in [9.17, 15) is 9.90 Å². The van der Waals surface area contributed by atoms with Crippen LogP contribution >= 0.6 is 12.4 Å². The van der Waals surface area contributed by atoms with Gasteiger partial charge in [-0.25, -0.2) is 0 Å². The molecule has 2 N–H and O–H groups in total. The minimum atomic E-state index is -0.0882. The number of phenolic OH excluding ortho intramolecular Hbond substituents is 1. The highest BCUT2D eigenvalue weighted by Gasteiger charge is 2.12. The average Bonchev–Trinajstić information content (AvgIpc) is 2.67. The Morgan fingerprint density at radius 1 is 1.07 bits per heavy atom. The van der Waals surface area contributed by atoms with Crippen molar-refractivity contribution in [1.82, 2.24) is 9.88 Å². The Bertz CT molecular complexity index is 1030. The fourth-order valence-electron chi connectivity index (χ4n) is 3.69. The summed E-state index contributed by atoms with van der Waals surface area (Å²) in [5.41, 5.74) is 4.31. The number of fused-ring (bicyclic) bond motifs is 1. The molecular weight excluding hydrogens is 376 g/mol. The summed E-state index contributed by atoms with van der Waals surface area (Å²) >= 11 is 0. The second-order valence-electron chi connectivity index (χ2n) is 7.28. The van der Waals surface area contributed by atoms with E-state index < -0.39 is 0 Å². The number of hydrogen-bond donors (Lipinski definition) is 2. The Kier molecular flexibility index (Phi) is 6.08. The topological polar surface area (TPSA) is 65.6 Å². The standard InChI is InChI=1S/C22H24N2O3.ClH/c1-14-9-18(10-15(2)21(14)25)20-12-17-4-3-16(11-19(17)22(26)23-20)13-24-5-7-27-8-6-24;/h3-4,9-12,25H,5-8,13H2,1-2H3,(H,23,26);1H. The molecule has 0 unspecified atom stereocenters. The van der Waals surface area contributed by atoms with E-state index in [2.05, 4.69) is 16.0 Å². The molecule has 2 heterocycles. The SMILES string of the molecule is Cc1cc(-c2cc3ccc(CN4CCOCC4)cc3c(=O)[nH]2)cc(C)c1O.Cl. The van der Waals surface area contributed by atoms with Gasteiger partial charge < -0.3 is 14.8 Å². The van der Waals surface area contributed by atoms with Crippen molar-refractivity contribution in [2.75, 3.05) is 26.3 Å². The van der Waals surface area contributed by atoms with Crippen LogP contribution in [-0.4, -0.2) is 41.3 Å². The van der Waals surface area contributed by atoms with Crippen LogP contribution in [0, 0.1) is 13.8 Å². The highest BCUT2D eigenvalue weighted by Crippen LogP contribution is 2.29. The van der Waals surface area contributed by atoms with Crippen molar-refractivity contribution in [2.45, 2.75) is 20.4 Å². The van der Waals surface area contributed by atoms with Gasteiger partial charge in [0.1, 0.15) is 5.75 Å². The average molecular weight is 401 g/mol. The molecule has 0 saturated carbocycles. The van der Waals surface area contributed by atoms with E-state index in [4.69, 9.17) is 4.74 Å². The lowest BCUT2D eigenvalue weighted by Crippen LogP contribution is -2.35. The van der Waals surface area contributed by atoms with Crippen molar-refractivity contribution >= 4 is 23.2 Å². The van der Waals surface area contributed by atoms with Crippen LogP contribution in [0.1, 0.15) is 16.7 Å². The number of aryl methyl sites for hydroxylation is 2. The monoisotopic (exact) mass is 400 g/mol. The molecule has 0 bridgehead atoms. The number of nitrogens with one attached hydrogen (secondary N) is 1. The van der Waals surface area contributed by atoms with Crippen LogP contribution in [-0.2, 0) is 11.3 Å². The number of nitrogens with zero attached hydrogens (tertiary/aromatic N) is 1. The fraction of sp³-hybridized carbons (Fsp3) is 0.318. The first-order chi connectivity index (χ1) is 13.0. The third-order valence-corrected chi connectivity index (χ3v) is 5.22. The van der Waals surface area contributed by atoms with E-state index in [-0.39, 0.29) is 18.0 Å². The third kappa shape index (κ3) is 4.07. The number of aromatic nitrogens is 1. The molecule has 4 rings (SSSR count). The molecule has 6 heteroatoms. The second kappa shape index (κ2) is 8.35. The zero-order valence-electron chi connectivity index (χ0n) is 16.1. The Morgan fingerprint density at radius 3 is 2.43 bits per heavy atom. The molecule has 3 aromatic rings. The fourth-order valence-corrected chi connectivity index (χ4v) is 3.69. The van der Waals surface area contributed by atoms with Gasteiger partial charge in [-0.15, -0.1) is 12.4 Å². The Morgan fingerprint density at radius 2 is 1.75 bits per heavy atom. The molecule has 0 aliphatic carbocycles. The van der Waals surface area contributed by atoms with Crippen LogP contribution in [0.15, 0.2) is 41.2 Å². The number of aromatic hydroxyl groups is 1. The number of hydrogen-bond acceptors (Lipinski definition) is 4. The molecule has 148 valence electrons. The van der Waals surface area contributed by atoms with Gasteiger partial charge in [-0.05, 0) is 65.8 Å². The number of phenols is 1. The second-order valence-corrected chi connectivity index (χ2v) is 7.28. The van der Waals surface area contributed by atoms with E-state index >= 15 is 0 Å². The van der Waals surface area contributed by atoms with Crippen molar-refractivity contribution in [3.05, 3.63) is 63.4 Å². The van der Waals surface area contributed by atoms with Crippen LogP contribution in [0.4, 0.5) is 0 Å². The predicted octanol–water partition coefficient (Wildman–Crippen LogP) is 3.77. The van der Waals surface area contributed by atoms with Gasteiger partial charge in [-0.1, -0.05) is 12.1 Å². The number of morpholine rings is 1. The van der Waals surface area contributed by atoms with E-state index in [0.29, 0.717) is 11.1 Å². The molecule has 1 fully saturated rings. The van der Waals surface area contributed by atoms with Gasteiger partial charge in [0.05, 0.1) is 13.2 Å². The summed E-state index contributed by atoms with van der Waals surface area (Å²) < 4.78 is 5.39. The van der Waals surface area contributed by atoms with Crippen LogP contribution < -0.4 is 5.56 Å². The minimum absolute atomic E-state index is 0. The largest absolute Gasteiger partial charge is 0.507 e. The van der Waals surface area contributed by atoms with Gasteiger partial charge in [0, 0.05) is 30.7 Å². The summed E-state index contributed by atoms with van der Waals surface area (Å²) in [4.78, 5) is 18.1. The lowest BCUT2D eigenvalue weighted by Gasteiger charge is -2.26. The normalized spacial score (nSPS) is 14.8. The molecule has 1 aliphatic rings. The summed E-state index contributed by atoms with van der Waals surface area (Å²) in [6.45, 7) is 7.94. The first kappa shape index (κ1) is 20.4. The lowest BCUT2D eigenvalue weighted by atomic mass is 10.0. The quantitative estimate of drug-likeness (QED) is 0.702. The molecule has 0 spiro atoms. The first-order valence-corrected chi connectivity index (χ1v) is 9.28. The summed E-state index contributed by atoms with van der Waals surface area (Å²) in [6.07, 6.45) is 0. The molecule has 0 radical (unpaired) electrons. The van der Waals surface area contributed by atoms with Gasteiger partial charge in [0.2, 0.25) is 0 Å². The molecule has 2 aromatic carbocycles. The van der Waals surface area contributed by atoms with Gasteiger partial charge in [0.15, 0.2) is 0 Å². The summed E-state index contributed by atoms with van der Waals surface area (Å²) in [5.74, 6) is 0.301. The maximum atomic E-state index is 12.7. The number of benzene rings is 2. The number of rotatable bonds is 3. The van der Waals surface area contributed by atoms with Gasteiger partial charge in [-0.2, -0.15) is 0 Å². The smallest absolute Gasteiger partial charge is 0.256 e. The van der Waals surface area contributed by atoms with Crippen molar-refractivity contribution in [3.8, 4) is 17.0 Å². The number of H-pyrrole nitrogens is 1. The van der Waals surface area contributed by atoms with Crippen molar-refractivity contribution in [3.63, 3.8) is 0 Å². The van der Waals surface area contributed by atoms with Crippen LogP contribution in [0.25, 0.3) is 22.0 Å². The van der Waals surface area contributed by atoms with Gasteiger partial charge >= 0.3 is 0 Å². The highest BCUT2D eigenvalue weighted by atomic mass is 35.5. The van der Waals surface area contributed by atoms with Crippen LogP contribution in [0.5, 0.6) is 5.75 Å². The van der Waals surface area contributed by atoms with Crippen molar-refractivity contribution in [2.24, 2.45) is 0 Å². The summed E-state index contributed by atoms with van der Waals surface area (Å²) in [6, 6.07) is 11.9. The zero-order valence-corrected chi connectivity index (χ0v) is 16.9. The molecule has 1 aromatic heterocycles. The lowest BCUT2D eigenvalue weighted by molar-refractivity contribution is 0.0342. The number of ether oxygens (including phenoxy) is 1. The summed E-state index contributed by atoms with van der Waals surface area (Å²) in [7, 11) is 0. The molecule has 0 amide bonds. The molecule has 0 atom stereocenters. The molecule has 1 aliphatic heterocycles. The maximum Gasteiger partial charge on any atom is 0.256 e. The molecule has 28 heavy (non-hydrogen) atoms. The van der Waals surface area contributed by atoms with Crippen LogP contribution in [0.2, 0.25) is 0 Å². The number of halogens is 1. The number of aromatic amines is 1. The first-order valence-electron chi connectivity index (χ1n) is 9.28. The molecule has 1 saturated heterocycles. The number of pyridine rings is 1. The highest BCUT2D eigenvalue weighted by molar-refractivity contribution is 5.86. The Balaban J connectivity index is 0.00000225. The van der Waals surface area contributed by atoms with E-state index in [1.807, 2.05) is 44.2 Å². The van der Waals surface area contributed by atoms with E-state index in [1.165, 1.54) is 0 Å². The Hall–Kier alpha value is -2.34. The zero-order chi connectivity index (χ0) is 19.0. The van der Waals surface area contributed by atoms with E-state index in [1.54, 1.807) is 0 Å². The minimum Gasteiger partial charge on any atom is -0.507 e. The molecule has 5 nitrogen and oxygen atoms in total. The van der Waals surface area contributed by atoms with Crippen LogP contribution in [0.3, 0.4) is 0 Å². The van der Waals surface area contributed by atoms with Gasteiger partial charge in [-0.3, -0.25) is 9.69 Å². The third-order valence-electron chi connectivity index (χ3n) is 5.22. The maximum absolute atomic E-state index is 12.7. The summed E-state index contributed by atoms with van der Waals surface area (Å²) in [5, 5.41) is 11.6.